The number of hydrogen-bond donors (Lipinski definition) is 0. The number of methoxy groups -OCH3 is 1. The van der Waals surface area contributed by atoms with Gasteiger partial charge < -0.3 is 19.0 Å². The molecule has 0 N–H and O–H groups in total. The molecule has 0 radical (unpaired) electrons. The fraction of sp³-hybridized carbons (Fsp3) is 0.318. The molecule has 7 heteroatoms. The summed E-state index contributed by atoms with van der Waals surface area (Å²) < 4.78 is 11.2. The van der Waals surface area contributed by atoms with Gasteiger partial charge in [0.15, 0.2) is 5.58 Å². The molecule has 4 rings (SSSR count). The summed E-state index contributed by atoms with van der Waals surface area (Å²) in [4.78, 5) is 33.4. The Hall–Kier alpha value is -3.35. The lowest BCUT2D eigenvalue weighted by atomic mass is 10.1. The summed E-state index contributed by atoms with van der Waals surface area (Å²) in [5.41, 5.74) is 2.47. The van der Waals surface area contributed by atoms with Gasteiger partial charge in [-0.2, -0.15) is 0 Å². The van der Waals surface area contributed by atoms with Crippen molar-refractivity contribution in [2.24, 2.45) is 0 Å². The first-order valence-corrected chi connectivity index (χ1v) is 9.66. The van der Waals surface area contributed by atoms with Crippen molar-refractivity contribution in [3.05, 3.63) is 48.0 Å². The first-order chi connectivity index (χ1) is 14.0. The molecular weight excluding hydrogens is 370 g/mol. The van der Waals surface area contributed by atoms with Crippen LogP contribution in [0, 0.1) is 0 Å². The maximum Gasteiger partial charge on any atom is 0.254 e. The van der Waals surface area contributed by atoms with E-state index in [1.165, 1.54) is 0 Å². The Morgan fingerprint density at radius 2 is 2.07 bits per heavy atom. The average molecular weight is 393 g/mol. The molecular formula is C22H23N3O4. The van der Waals surface area contributed by atoms with Gasteiger partial charge >= 0.3 is 0 Å². The molecule has 0 saturated carbocycles. The second-order valence-corrected chi connectivity index (χ2v) is 7.03. The van der Waals surface area contributed by atoms with Crippen molar-refractivity contribution in [3.8, 4) is 17.2 Å². The zero-order valence-corrected chi connectivity index (χ0v) is 16.7. The molecule has 0 bridgehead atoms. The lowest BCUT2D eigenvalue weighted by Crippen LogP contribution is -2.57. The van der Waals surface area contributed by atoms with Crippen molar-refractivity contribution in [3.63, 3.8) is 0 Å². The van der Waals surface area contributed by atoms with Crippen LogP contribution in [0.15, 0.2) is 46.9 Å². The Morgan fingerprint density at radius 1 is 1.24 bits per heavy atom. The molecule has 150 valence electrons. The molecule has 0 unspecified atom stereocenters. The highest BCUT2D eigenvalue weighted by Gasteiger charge is 2.34. The predicted molar refractivity (Wildman–Crippen MR) is 109 cm³/mol. The molecule has 1 aliphatic rings. The zero-order chi connectivity index (χ0) is 20.5. The van der Waals surface area contributed by atoms with Gasteiger partial charge in [0, 0.05) is 30.8 Å². The largest absolute Gasteiger partial charge is 0.497 e. The second-order valence-electron chi connectivity index (χ2n) is 7.03. The number of rotatable bonds is 4. The highest BCUT2D eigenvalue weighted by molar-refractivity contribution is 6.00. The number of aromatic nitrogens is 1. The topological polar surface area (TPSA) is 75.9 Å². The Morgan fingerprint density at radius 3 is 2.83 bits per heavy atom. The van der Waals surface area contributed by atoms with Gasteiger partial charge in [0.25, 0.3) is 5.91 Å². The number of carbonyl (C=O) groups is 2. The van der Waals surface area contributed by atoms with Crippen LogP contribution in [0.4, 0.5) is 0 Å². The molecule has 3 aromatic rings. The quantitative estimate of drug-likeness (QED) is 0.680. The van der Waals surface area contributed by atoms with Crippen molar-refractivity contribution >= 4 is 22.9 Å². The highest BCUT2D eigenvalue weighted by atomic mass is 16.5. The Balaban J connectivity index is 1.62. The van der Waals surface area contributed by atoms with E-state index in [1.54, 1.807) is 42.0 Å². The summed E-state index contributed by atoms with van der Waals surface area (Å²) in [6.07, 6.45) is 0. The Kier molecular flexibility index (Phi) is 4.96. The van der Waals surface area contributed by atoms with E-state index in [1.807, 2.05) is 31.2 Å². The molecule has 0 aliphatic carbocycles. The number of benzene rings is 2. The van der Waals surface area contributed by atoms with E-state index in [0.717, 1.165) is 5.56 Å². The van der Waals surface area contributed by atoms with Crippen LogP contribution in [0.25, 0.3) is 22.6 Å². The fourth-order valence-electron chi connectivity index (χ4n) is 3.62. The van der Waals surface area contributed by atoms with E-state index in [2.05, 4.69) is 4.98 Å². The molecule has 2 heterocycles. The van der Waals surface area contributed by atoms with Crippen molar-refractivity contribution in [1.29, 1.82) is 0 Å². The molecule has 0 spiro atoms. The third kappa shape index (κ3) is 3.44. The maximum atomic E-state index is 13.0. The minimum Gasteiger partial charge on any atom is -0.497 e. The maximum absolute atomic E-state index is 13.0. The van der Waals surface area contributed by atoms with E-state index in [0.29, 0.717) is 47.9 Å². The van der Waals surface area contributed by atoms with Gasteiger partial charge in [-0.1, -0.05) is 6.07 Å². The molecule has 1 fully saturated rings. The lowest BCUT2D eigenvalue weighted by molar-refractivity contribution is -0.139. The second kappa shape index (κ2) is 7.58. The molecule has 1 aromatic heterocycles. The number of carbonyl (C=O) groups excluding carboxylic acids is 2. The number of ether oxygens (including phenoxy) is 1. The van der Waals surface area contributed by atoms with Crippen LogP contribution >= 0.6 is 0 Å². The van der Waals surface area contributed by atoms with Crippen molar-refractivity contribution in [1.82, 2.24) is 14.8 Å². The summed E-state index contributed by atoms with van der Waals surface area (Å²) in [5, 5.41) is 0. The van der Waals surface area contributed by atoms with Crippen LogP contribution in [0.5, 0.6) is 5.75 Å². The normalized spacial score (nSPS) is 17.1. The van der Waals surface area contributed by atoms with Crippen LogP contribution in [-0.4, -0.2) is 59.4 Å². The number of hydrogen-bond acceptors (Lipinski definition) is 5. The van der Waals surface area contributed by atoms with E-state index < -0.39 is 6.04 Å². The number of likely N-dealkylation sites (N-methyl/N-ethyl adjacent to an activating group) is 1. The molecule has 1 saturated heterocycles. The number of nitrogens with zero attached hydrogens (tertiary/aromatic N) is 3. The lowest BCUT2D eigenvalue weighted by Gasteiger charge is -2.38. The highest BCUT2D eigenvalue weighted by Crippen LogP contribution is 2.28. The van der Waals surface area contributed by atoms with Gasteiger partial charge in [-0.05, 0) is 50.2 Å². The SMILES string of the molecule is CCN1CCN(C(=O)c2ccc3nc(-c4cccc(OC)c4)oc3c2)[C@@H](C)C1=O. The number of oxazole rings is 1. The van der Waals surface area contributed by atoms with Crippen molar-refractivity contribution in [2.75, 3.05) is 26.7 Å². The fourth-order valence-corrected chi connectivity index (χ4v) is 3.62. The van der Waals surface area contributed by atoms with Crippen molar-refractivity contribution in [2.45, 2.75) is 19.9 Å². The minimum absolute atomic E-state index is 0.0202. The average Bonchev–Trinajstić information content (AvgIpc) is 3.18. The summed E-state index contributed by atoms with van der Waals surface area (Å²) in [5.74, 6) is 0.977. The standard InChI is InChI=1S/C22H23N3O4/c1-4-24-10-11-25(14(2)21(24)26)22(27)16-8-9-18-19(13-16)29-20(23-18)15-6-5-7-17(12-15)28-3/h5-9,12-14H,4,10-11H2,1-3H3/t14-/m0/s1. The van der Waals surface area contributed by atoms with Gasteiger partial charge in [0.2, 0.25) is 11.8 Å². The summed E-state index contributed by atoms with van der Waals surface area (Å²) in [7, 11) is 1.61. The van der Waals surface area contributed by atoms with E-state index in [9.17, 15) is 9.59 Å². The number of piperazine rings is 1. The third-order valence-electron chi connectivity index (χ3n) is 5.34. The van der Waals surface area contributed by atoms with Crippen LogP contribution in [0.3, 0.4) is 0 Å². The Labute approximate surface area is 168 Å². The molecule has 7 nitrogen and oxygen atoms in total. The predicted octanol–water partition coefficient (Wildman–Crippen LogP) is 3.20. The Bertz CT molecular complexity index is 1070. The molecule has 2 amide bonds. The summed E-state index contributed by atoms with van der Waals surface area (Å²) in [6, 6.07) is 12.2. The minimum atomic E-state index is -0.478. The van der Waals surface area contributed by atoms with Gasteiger partial charge in [-0.25, -0.2) is 4.98 Å². The van der Waals surface area contributed by atoms with Crippen LogP contribution in [0.1, 0.15) is 24.2 Å². The zero-order valence-electron chi connectivity index (χ0n) is 16.7. The van der Waals surface area contributed by atoms with Gasteiger partial charge in [0.05, 0.1) is 7.11 Å². The van der Waals surface area contributed by atoms with Crippen molar-refractivity contribution < 1.29 is 18.7 Å². The van der Waals surface area contributed by atoms with E-state index in [-0.39, 0.29) is 11.8 Å². The summed E-state index contributed by atoms with van der Waals surface area (Å²) in [6.45, 7) is 5.44. The van der Waals surface area contributed by atoms with E-state index >= 15 is 0 Å². The van der Waals surface area contributed by atoms with Crippen LogP contribution in [-0.2, 0) is 4.79 Å². The monoisotopic (exact) mass is 393 g/mol. The van der Waals surface area contributed by atoms with Gasteiger partial charge in [-0.3, -0.25) is 9.59 Å². The third-order valence-corrected chi connectivity index (χ3v) is 5.34. The molecule has 2 aromatic carbocycles. The van der Waals surface area contributed by atoms with E-state index in [4.69, 9.17) is 9.15 Å². The first kappa shape index (κ1) is 19.0. The number of amides is 2. The van der Waals surface area contributed by atoms with Crippen LogP contribution < -0.4 is 4.74 Å². The number of fused-ring (bicyclic) bond motifs is 1. The smallest absolute Gasteiger partial charge is 0.254 e. The van der Waals surface area contributed by atoms with Crippen LogP contribution in [0.2, 0.25) is 0 Å². The molecule has 1 aliphatic heterocycles. The first-order valence-electron chi connectivity index (χ1n) is 9.66. The summed E-state index contributed by atoms with van der Waals surface area (Å²) >= 11 is 0. The molecule has 29 heavy (non-hydrogen) atoms. The van der Waals surface area contributed by atoms with Gasteiger partial charge in [-0.15, -0.1) is 0 Å². The van der Waals surface area contributed by atoms with Gasteiger partial charge in [0.1, 0.15) is 17.3 Å². The molecule has 1 atom stereocenters.